The second kappa shape index (κ2) is 3.30. The Labute approximate surface area is 78.4 Å². The van der Waals surface area contributed by atoms with Gasteiger partial charge in [-0.3, -0.25) is 4.79 Å². The maximum atomic E-state index is 10.6. The Bertz CT molecular complexity index is 242. The van der Waals surface area contributed by atoms with Gasteiger partial charge in [-0.2, -0.15) is 0 Å². The normalized spacial score (nSPS) is 9.30. The van der Waals surface area contributed by atoms with Gasteiger partial charge in [-0.15, -0.1) is 0 Å². The summed E-state index contributed by atoms with van der Waals surface area (Å²) in [6.45, 7) is 0. The summed E-state index contributed by atoms with van der Waals surface area (Å²) in [5, 5.41) is -0.295. The van der Waals surface area contributed by atoms with E-state index in [0.29, 0.717) is 5.56 Å². The molecule has 10 heavy (non-hydrogen) atoms. The highest BCUT2D eigenvalue weighted by molar-refractivity contribution is 14.1. The van der Waals surface area contributed by atoms with Gasteiger partial charge in [0, 0.05) is 9.13 Å². The molecule has 0 aliphatic rings. The fourth-order valence-corrected chi connectivity index (χ4v) is 1.08. The van der Waals surface area contributed by atoms with Crippen molar-refractivity contribution in [2.75, 3.05) is 0 Å². The van der Waals surface area contributed by atoms with Crippen LogP contribution in [0.15, 0.2) is 24.3 Å². The second-order valence-electron chi connectivity index (χ2n) is 1.79. The highest BCUT2D eigenvalue weighted by Gasteiger charge is 1.98. The van der Waals surface area contributed by atoms with Gasteiger partial charge < -0.3 is 0 Å². The van der Waals surface area contributed by atoms with E-state index in [1.807, 2.05) is 12.1 Å². The van der Waals surface area contributed by atoms with Crippen molar-refractivity contribution >= 4 is 40.3 Å². The molecule has 0 heterocycles. The predicted molar refractivity (Wildman–Crippen MR) is 51.1 cm³/mol. The number of hydrogen-bond donors (Lipinski definition) is 0. The van der Waals surface area contributed by atoms with E-state index in [1.54, 1.807) is 12.1 Å². The molecule has 3 heteroatoms. The molecule has 1 radical (unpaired) electrons. The monoisotopic (exact) mass is 263 g/mol. The largest absolute Gasteiger partial charge is 0.276 e. The lowest BCUT2D eigenvalue weighted by Gasteiger charge is -1.91. The van der Waals surface area contributed by atoms with Crippen LogP contribution in [0.1, 0.15) is 10.4 Å². The molecular weight excluding hydrogens is 259 g/mol. The summed E-state index contributed by atoms with van der Waals surface area (Å²) in [4.78, 5) is 10.6. The van der Waals surface area contributed by atoms with Gasteiger partial charge in [0.25, 0.3) is 0 Å². The molecule has 1 nitrogen and oxygen atoms in total. The van der Waals surface area contributed by atoms with Crippen LogP contribution >= 0.6 is 35.2 Å². The van der Waals surface area contributed by atoms with E-state index in [0.717, 1.165) is 3.57 Å². The third-order valence-electron chi connectivity index (χ3n) is 1.08. The zero-order valence-corrected chi connectivity index (χ0v) is 7.98. The van der Waals surface area contributed by atoms with Gasteiger partial charge in [0.2, 0.25) is 5.12 Å². The first-order chi connectivity index (χ1) is 4.70. The number of halogens is 1. The predicted octanol–water partition coefficient (Wildman–Crippen LogP) is 2.63. The maximum absolute atomic E-state index is 10.6. The fraction of sp³-hybridized carbons (Fsp3) is 0. The molecular formula is C7H4IOS. The second-order valence-corrected chi connectivity index (χ2v) is 3.41. The fourth-order valence-electron chi connectivity index (χ4n) is 0.586. The minimum Gasteiger partial charge on any atom is -0.276 e. The minimum absolute atomic E-state index is 0.295. The molecule has 0 fully saturated rings. The Morgan fingerprint density at radius 3 is 2.20 bits per heavy atom. The van der Waals surface area contributed by atoms with Gasteiger partial charge in [0.1, 0.15) is 0 Å². The zero-order valence-electron chi connectivity index (χ0n) is 5.00. The van der Waals surface area contributed by atoms with Gasteiger partial charge >= 0.3 is 0 Å². The molecule has 51 valence electrons. The lowest BCUT2D eigenvalue weighted by molar-refractivity contribution is 0.109. The van der Waals surface area contributed by atoms with E-state index < -0.39 is 0 Å². The van der Waals surface area contributed by atoms with Crippen LogP contribution in [-0.4, -0.2) is 5.12 Å². The third kappa shape index (κ3) is 1.91. The maximum Gasteiger partial charge on any atom is 0.249 e. The quantitative estimate of drug-likeness (QED) is 0.712. The van der Waals surface area contributed by atoms with Crippen LogP contribution in [-0.2, 0) is 0 Å². The molecule has 0 spiro atoms. The molecule has 1 aromatic rings. The Balaban J connectivity index is 3.00. The Morgan fingerprint density at radius 1 is 1.30 bits per heavy atom. The summed E-state index contributed by atoms with van der Waals surface area (Å²) in [5.74, 6) is 0. The van der Waals surface area contributed by atoms with Crippen molar-refractivity contribution in [3.8, 4) is 0 Å². The van der Waals surface area contributed by atoms with E-state index in [1.165, 1.54) is 0 Å². The van der Waals surface area contributed by atoms with Crippen molar-refractivity contribution in [2.45, 2.75) is 0 Å². The van der Waals surface area contributed by atoms with Gasteiger partial charge in [-0.1, -0.05) is 0 Å². The third-order valence-corrected chi connectivity index (χ3v) is 2.03. The molecule has 1 aromatic carbocycles. The van der Waals surface area contributed by atoms with Crippen LogP contribution in [0.4, 0.5) is 0 Å². The average molecular weight is 263 g/mol. The number of rotatable bonds is 1. The Hall–Kier alpha value is -0.160. The van der Waals surface area contributed by atoms with Crippen molar-refractivity contribution in [3.05, 3.63) is 33.4 Å². The van der Waals surface area contributed by atoms with Gasteiger partial charge in [-0.05, 0) is 59.5 Å². The Morgan fingerprint density at radius 2 is 1.80 bits per heavy atom. The van der Waals surface area contributed by atoms with E-state index >= 15 is 0 Å². The summed E-state index contributed by atoms with van der Waals surface area (Å²) in [6.07, 6.45) is 0. The Kier molecular flexibility index (Phi) is 2.62. The van der Waals surface area contributed by atoms with Crippen LogP contribution in [0.2, 0.25) is 0 Å². The average Bonchev–Trinajstić information content (AvgIpc) is 1.88. The molecule has 1 rings (SSSR count). The van der Waals surface area contributed by atoms with Crippen molar-refractivity contribution in [3.63, 3.8) is 0 Å². The summed E-state index contributed by atoms with van der Waals surface area (Å²) < 4.78 is 1.11. The number of carbonyl (C=O) groups is 1. The highest BCUT2D eigenvalue weighted by atomic mass is 127. The SMILES string of the molecule is O=C([S])c1ccc(I)cc1. The lowest BCUT2D eigenvalue weighted by atomic mass is 10.2. The van der Waals surface area contributed by atoms with Crippen LogP contribution in [0, 0.1) is 3.57 Å². The first-order valence-electron chi connectivity index (χ1n) is 2.67. The summed E-state index contributed by atoms with van der Waals surface area (Å²) >= 11 is 6.62. The molecule has 0 saturated carbocycles. The highest BCUT2D eigenvalue weighted by Crippen LogP contribution is 2.08. The molecule has 0 aliphatic heterocycles. The number of carbonyl (C=O) groups excluding carboxylic acids is 1. The topological polar surface area (TPSA) is 17.1 Å². The van der Waals surface area contributed by atoms with Crippen molar-refractivity contribution in [1.29, 1.82) is 0 Å². The summed E-state index contributed by atoms with van der Waals surface area (Å²) in [5.41, 5.74) is 0.593. The molecule has 0 unspecified atom stereocenters. The molecule has 0 amide bonds. The first-order valence-corrected chi connectivity index (χ1v) is 4.16. The zero-order chi connectivity index (χ0) is 7.56. The van der Waals surface area contributed by atoms with Gasteiger partial charge in [0.05, 0.1) is 0 Å². The van der Waals surface area contributed by atoms with Crippen LogP contribution in [0.5, 0.6) is 0 Å². The molecule has 0 bridgehead atoms. The van der Waals surface area contributed by atoms with E-state index in [9.17, 15) is 4.79 Å². The van der Waals surface area contributed by atoms with E-state index in [-0.39, 0.29) is 5.12 Å². The number of hydrogen-bond acceptors (Lipinski definition) is 1. The van der Waals surface area contributed by atoms with Crippen molar-refractivity contribution < 1.29 is 4.79 Å². The van der Waals surface area contributed by atoms with Crippen LogP contribution in [0.25, 0.3) is 0 Å². The number of benzene rings is 1. The van der Waals surface area contributed by atoms with E-state index in [4.69, 9.17) is 0 Å². The smallest absolute Gasteiger partial charge is 0.249 e. The van der Waals surface area contributed by atoms with Crippen LogP contribution in [0.3, 0.4) is 0 Å². The first kappa shape index (κ1) is 7.94. The van der Waals surface area contributed by atoms with Gasteiger partial charge in [0.15, 0.2) is 0 Å². The minimum atomic E-state index is -0.295. The molecule has 0 atom stereocenters. The summed E-state index contributed by atoms with van der Waals surface area (Å²) in [7, 11) is 0. The lowest BCUT2D eigenvalue weighted by Crippen LogP contribution is -1.86. The molecule has 0 saturated heterocycles. The molecule has 0 aromatic heterocycles. The van der Waals surface area contributed by atoms with Crippen molar-refractivity contribution in [2.24, 2.45) is 0 Å². The molecule has 0 N–H and O–H groups in total. The summed E-state index contributed by atoms with van der Waals surface area (Å²) in [6, 6.07) is 7.19. The standard InChI is InChI=1S/C7H4IOS/c8-6-3-1-5(2-4-6)7(9)10/h1-4H. The van der Waals surface area contributed by atoms with Gasteiger partial charge in [-0.25, -0.2) is 0 Å². The van der Waals surface area contributed by atoms with Crippen molar-refractivity contribution in [1.82, 2.24) is 0 Å². The van der Waals surface area contributed by atoms with Crippen LogP contribution < -0.4 is 0 Å². The molecule has 0 aliphatic carbocycles. The van der Waals surface area contributed by atoms with E-state index in [2.05, 4.69) is 35.2 Å².